The smallest absolute Gasteiger partial charge is 0.135 e. The lowest BCUT2D eigenvalue weighted by molar-refractivity contribution is 0.305. The molecule has 1 heterocycles. The largest absolute Gasteiger partial charge is 0.487 e. The van der Waals surface area contributed by atoms with Gasteiger partial charge in [0.05, 0.1) is 11.8 Å². The molecule has 1 aromatic heterocycles. The fourth-order valence-corrected chi connectivity index (χ4v) is 1.87. The maximum atomic E-state index is 5.83. The van der Waals surface area contributed by atoms with Crippen LogP contribution in [0.25, 0.3) is 0 Å². The van der Waals surface area contributed by atoms with Gasteiger partial charge in [-0.3, -0.25) is 4.68 Å². The molecule has 0 spiro atoms. The first-order valence-corrected chi connectivity index (χ1v) is 6.98. The minimum Gasteiger partial charge on any atom is -0.487 e. The van der Waals surface area contributed by atoms with E-state index in [1.807, 2.05) is 38.4 Å². The van der Waals surface area contributed by atoms with E-state index in [0.717, 1.165) is 22.4 Å². The Labute approximate surface area is 124 Å². The molecule has 4 heteroatoms. The van der Waals surface area contributed by atoms with Crippen LogP contribution in [0.1, 0.15) is 23.1 Å². The maximum Gasteiger partial charge on any atom is 0.135 e. The van der Waals surface area contributed by atoms with Crippen LogP contribution >= 0.6 is 11.6 Å². The van der Waals surface area contributed by atoms with Crippen molar-refractivity contribution in [3.05, 3.63) is 47.3 Å². The van der Waals surface area contributed by atoms with Gasteiger partial charge in [-0.1, -0.05) is 17.9 Å². The summed E-state index contributed by atoms with van der Waals surface area (Å²) in [4.78, 5) is 0. The lowest BCUT2D eigenvalue weighted by Crippen LogP contribution is -1.97. The predicted molar refractivity (Wildman–Crippen MR) is 80.9 cm³/mol. The van der Waals surface area contributed by atoms with Crippen molar-refractivity contribution in [3.8, 4) is 17.6 Å². The number of alkyl halides is 1. The number of aromatic nitrogens is 2. The van der Waals surface area contributed by atoms with Gasteiger partial charge in [0.2, 0.25) is 0 Å². The van der Waals surface area contributed by atoms with Crippen molar-refractivity contribution in [1.29, 1.82) is 0 Å². The van der Waals surface area contributed by atoms with E-state index < -0.39 is 0 Å². The van der Waals surface area contributed by atoms with E-state index in [9.17, 15) is 0 Å². The van der Waals surface area contributed by atoms with Gasteiger partial charge in [-0.25, -0.2) is 0 Å². The van der Waals surface area contributed by atoms with Crippen molar-refractivity contribution in [2.24, 2.45) is 7.05 Å². The van der Waals surface area contributed by atoms with E-state index in [2.05, 4.69) is 16.9 Å². The number of rotatable bonds is 4. The summed E-state index contributed by atoms with van der Waals surface area (Å²) in [6, 6.07) is 6.00. The molecule has 0 fully saturated rings. The van der Waals surface area contributed by atoms with Gasteiger partial charge in [0.25, 0.3) is 0 Å². The first-order chi connectivity index (χ1) is 9.69. The Morgan fingerprint density at radius 1 is 1.40 bits per heavy atom. The monoisotopic (exact) mass is 288 g/mol. The Morgan fingerprint density at radius 3 is 2.95 bits per heavy atom. The van der Waals surface area contributed by atoms with Crippen molar-refractivity contribution >= 4 is 11.6 Å². The van der Waals surface area contributed by atoms with Gasteiger partial charge in [-0.2, -0.15) is 5.10 Å². The summed E-state index contributed by atoms with van der Waals surface area (Å²) in [6.07, 6.45) is 4.41. The van der Waals surface area contributed by atoms with Crippen molar-refractivity contribution in [2.45, 2.75) is 20.0 Å². The maximum absolute atomic E-state index is 5.83. The minimum atomic E-state index is 0.487. The number of halogens is 1. The van der Waals surface area contributed by atoms with Gasteiger partial charge >= 0.3 is 0 Å². The van der Waals surface area contributed by atoms with Crippen LogP contribution in [0, 0.1) is 18.8 Å². The lowest BCUT2D eigenvalue weighted by Gasteiger charge is -2.08. The van der Waals surface area contributed by atoms with Crippen molar-refractivity contribution < 1.29 is 4.74 Å². The Bertz CT molecular complexity index is 637. The summed E-state index contributed by atoms with van der Waals surface area (Å²) in [5.41, 5.74) is 3.10. The molecule has 0 amide bonds. The normalized spacial score (nSPS) is 9.95. The highest BCUT2D eigenvalue weighted by atomic mass is 35.5. The first kappa shape index (κ1) is 14.5. The van der Waals surface area contributed by atoms with Crippen LogP contribution in [0.2, 0.25) is 0 Å². The molecule has 0 radical (unpaired) electrons. The second-order valence-electron chi connectivity index (χ2n) is 4.55. The summed E-state index contributed by atoms with van der Waals surface area (Å²) < 4.78 is 7.59. The molecule has 0 saturated heterocycles. The second-order valence-corrected chi connectivity index (χ2v) is 4.93. The zero-order valence-electron chi connectivity index (χ0n) is 11.7. The van der Waals surface area contributed by atoms with Crippen molar-refractivity contribution in [3.63, 3.8) is 0 Å². The molecule has 0 aliphatic rings. The average Bonchev–Trinajstić information content (AvgIpc) is 2.84. The number of hydrogen-bond donors (Lipinski definition) is 0. The molecule has 0 aliphatic carbocycles. The van der Waals surface area contributed by atoms with Gasteiger partial charge in [-0.05, 0) is 24.6 Å². The van der Waals surface area contributed by atoms with Crippen LogP contribution in [-0.4, -0.2) is 15.7 Å². The molecule has 0 unspecified atom stereocenters. The minimum absolute atomic E-state index is 0.487. The van der Waals surface area contributed by atoms with Crippen LogP contribution in [0.3, 0.4) is 0 Å². The van der Waals surface area contributed by atoms with Crippen LogP contribution in [0.4, 0.5) is 0 Å². The fraction of sp³-hybridized carbons (Fsp3) is 0.312. The highest BCUT2D eigenvalue weighted by Gasteiger charge is 2.03. The zero-order valence-corrected chi connectivity index (χ0v) is 12.4. The number of aryl methyl sites for hydroxylation is 2. The predicted octanol–water partition coefficient (Wildman–Crippen LogP) is 3.29. The summed E-state index contributed by atoms with van der Waals surface area (Å²) in [7, 11) is 1.89. The van der Waals surface area contributed by atoms with Crippen LogP contribution < -0.4 is 4.74 Å². The Balaban J connectivity index is 2.12. The fourth-order valence-electron chi connectivity index (χ4n) is 1.78. The molecular weight excluding hydrogens is 272 g/mol. The molecule has 2 aromatic rings. The van der Waals surface area contributed by atoms with E-state index >= 15 is 0 Å². The quantitative estimate of drug-likeness (QED) is 0.638. The Morgan fingerprint density at radius 2 is 2.25 bits per heavy atom. The number of benzene rings is 1. The van der Waals surface area contributed by atoms with Gasteiger partial charge in [0.15, 0.2) is 0 Å². The molecule has 20 heavy (non-hydrogen) atoms. The van der Waals surface area contributed by atoms with E-state index in [1.165, 1.54) is 0 Å². The molecule has 0 aliphatic heterocycles. The molecule has 0 bridgehead atoms. The molecule has 2 rings (SSSR count). The Hall–Kier alpha value is -1.92. The van der Waals surface area contributed by atoms with E-state index in [4.69, 9.17) is 16.3 Å². The number of ether oxygens (including phenoxy) is 1. The lowest BCUT2D eigenvalue weighted by atomic mass is 10.1. The summed E-state index contributed by atoms with van der Waals surface area (Å²) in [5.74, 6) is 7.50. The third-order valence-corrected chi connectivity index (χ3v) is 2.92. The third-order valence-electron chi connectivity index (χ3n) is 2.73. The SMILES string of the molecule is Cc1ccc(OCc2cnn(C)c2)c(C#CCCCl)c1. The second kappa shape index (κ2) is 7.02. The van der Waals surface area contributed by atoms with Gasteiger partial charge in [0, 0.05) is 31.1 Å². The van der Waals surface area contributed by atoms with Crippen LogP contribution in [0.15, 0.2) is 30.6 Å². The Kier molecular flexibility index (Phi) is 5.09. The molecule has 0 atom stereocenters. The topological polar surface area (TPSA) is 27.1 Å². The highest BCUT2D eigenvalue weighted by molar-refractivity contribution is 6.18. The van der Waals surface area contributed by atoms with Gasteiger partial charge in [0.1, 0.15) is 12.4 Å². The first-order valence-electron chi connectivity index (χ1n) is 6.45. The molecule has 0 N–H and O–H groups in total. The number of hydrogen-bond acceptors (Lipinski definition) is 2. The van der Waals surface area contributed by atoms with Crippen molar-refractivity contribution in [1.82, 2.24) is 9.78 Å². The zero-order chi connectivity index (χ0) is 14.4. The standard InChI is InChI=1S/C16H17ClN2O/c1-13-6-7-16(15(9-13)5-3-4-8-17)20-12-14-10-18-19(2)11-14/h6-7,9-11H,4,8,12H2,1-2H3. The van der Waals surface area contributed by atoms with Crippen molar-refractivity contribution in [2.75, 3.05) is 5.88 Å². The summed E-state index contributed by atoms with van der Waals surface area (Å²) >= 11 is 5.64. The van der Waals surface area contributed by atoms with Gasteiger partial charge in [-0.15, -0.1) is 11.6 Å². The summed E-state index contributed by atoms with van der Waals surface area (Å²) in [5, 5.41) is 4.12. The molecule has 104 valence electrons. The van der Waals surface area contributed by atoms with E-state index in [0.29, 0.717) is 18.9 Å². The van der Waals surface area contributed by atoms with Gasteiger partial charge < -0.3 is 4.74 Å². The average molecular weight is 289 g/mol. The molecule has 3 nitrogen and oxygen atoms in total. The third kappa shape index (κ3) is 4.04. The number of nitrogens with zero attached hydrogens (tertiary/aromatic N) is 2. The highest BCUT2D eigenvalue weighted by Crippen LogP contribution is 2.20. The van der Waals surface area contributed by atoms with Crippen LogP contribution in [0.5, 0.6) is 5.75 Å². The molecule has 0 saturated carbocycles. The van der Waals surface area contributed by atoms with E-state index in [1.54, 1.807) is 10.9 Å². The van der Waals surface area contributed by atoms with E-state index in [-0.39, 0.29) is 0 Å². The summed E-state index contributed by atoms with van der Waals surface area (Å²) in [6.45, 7) is 2.53. The molecule has 1 aromatic carbocycles. The molecular formula is C16H17ClN2O. The van der Waals surface area contributed by atoms with Crippen LogP contribution in [-0.2, 0) is 13.7 Å².